The first kappa shape index (κ1) is 14.8. The summed E-state index contributed by atoms with van der Waals surface area (Å²) in [5.41, 5.74) is 3.64. The topological polar surface area (TPSA) is 32.3 Å². The highest BCUT2D eigenvalue weighted by Gasteiger charge is 2.27. The molecule has 0 radical (unpaired) electrons. The molecule has 1 aliphatic rings. The molecule has 0 aromatic heterocycles. The van der Waals surface area contributed by atoms with Gasteiger partial charge in [0.05, 0.1) is 6.04 Å². The first-order valence-corrected chi connectivity index (χ1v) is 7.95. The van der Waals surface area contributed by atoms with E-state index in [-0.39, 0.29) is 11.9 Å². The SMILES string of the molecule is CCN1CCNC(Cc2ccccc2-c2ccccc2)C1=O. The highest BCUT2D eigenvalue weighted by atomic mass is 16.2. The van der Waals surface area contributed by atoms with Gasteiger partial charge in [0.1, 0.15) is 0 Å². The summed E-state index contributed by atoms with van der Waals surface area (Å²) in [7, 11) is 0. The zero-order valence-electron chi connectivity index (χ0n) is 13.0. The Hall–Kier alpha value is -2.13. The second-order valence-corrected chi connectivity index (χ2v) is 5.65. The predicted molar refractivity (Wildman–Crippen MR) is 89.6 cm³/mol. The maximum absolute atomic E-state index is 12.5. The van der Waals surface area contributed by atoms with Crippen molar-refractivity contribution in [3.63, 3.8) is 0 Å². The smallest absolute Gasteiger partial charge is 0.240 e. The molecule has 3 rings (SSSR count). The maximum Gasteiger partial charge on any atom is 0.240 e. The van der Waals surface area contributed by atoms with Crippen LogP contribution >= 0.6 is 0 Å². The Balaban J connectivity index is 1.85. The summed E-state index contributed by atoms with van der Waals surface area (Å²) >= 11 is 0. The van der Waals surface area contributed by atoms with Gasteiger partial charge in [-0.05, 0) is 30.0 Å². The Morgan fingerprint density at radius 1 is 1.09 bits per heavy atom. The molecule has 0 spiro atoms. The third-order valence-electron chi connectivity index (χ3n) is 4.29. The van der Waals surface area contributed by atoms with Crippen LogP contribution in [0.25, 0.3) is 11.1 Å². The molecule has 2 aromatic carbocycles. The molecule has 114 valence electrons. The number of nitrogens with one attached hydrogen (secondary N) is 1. The van der Waals surface area contributed by atoms with Crippen LogP contribution in [-0.2, 0) is 11.2 Å². The van der Waals surface area contributed by atoms with E-state index in [1.54, 1.807) is 0 Å². The number of carbonyl (C=O) groups excluding carboxylic acids is 1. The molecule has 3 nitrogen and oxygen atoms in total. The molecular weight excluding hydrogens is 272 g/mol. The van der Waals surface area contributed by atoms with Gasteiger partial charge in [-0.2, -0.15) is 0 Å². The Kier molecular flexibility index (Phi) is 4.54. The number of amides is 1. The molecule has 1 N–H and O–H groups in total. The number of piperazine rings is 1. The molecule has 1 aliphatic heterocycles. The third kappa shape index (κ3) is 3.04. The lowest BCUT2D eigenvalue weighted by molar-refractivity contribution is -0.135. The average molecular weight is 294 g/mol. The lowest BCUT2D eigenvalue weighted by Gasteiger charge is -2.32. The van der Waals surface area contributed by atoms with Crippen LogP contribution in [0.4, 0.5) is 0 Å². The Bertz CT molecular complexity index is 639. The van der Waals surface area contributed by atoms with Crippen LogP contribution in [0.15, 0.2) is 54.6 Å². The van der Waals surface area contributed by atoms with Crippen LogP contribution in [0, 0.1) is 0 Å². The number of nitrogens with zero attached hydrogens (tertiary/aromatic N) is 1. The van der Waals surface area contributed by atoms with Gasteiger partial charge in [0.2, 0.25) is 5.91 Å². The van der Waals surface area contributed by atoms with Gasteiger partial charge in [0.15, 0.2) is 0 Å². The molecule has 0 bridgehead atoms. The molecule has 1 unspecified atom stereocenters. The van der Waals surface area contributed by atoms with E-state index >= 15 is 0 Å². The second kappa shape index (κ2) is 6.75. The van der Waals surface area contributed by atoms with Gasteiger partial charge in [-0.1, -0.05) is 54.6 Å². The Labute approximate surface area is 132 Å². The average Bonchev–Trinajstić information content (AvgIpc) is 2.58. The van der Waals surface area contributed by atoms with E-state index in [4.69, 9.17) is 0 Å². The van der Waals surface area contributed by atoms with Gasteiger partial charge in [-0.25, -0.2) is 0 Å². The third-order valence-corrected chi connectivity index (χ3v) is 4.29. The van der Waals surface area contributed by atoms with Gasteiger partial charge in [0.25, 0.3) is 0 Å². The predicted octanol–water partition coefficient (Wildman–Crippen LogP) is 2.72. The number of carbonyl (C=O) groups is 1. The summed E-state index contributed by atoms with van der Waals surface area (Å²) in [5, 5.41) is 3.37. The lowest BCUT2D eigenvalue weighted by Crippen LogP contribution is -2.55. The van der Waals surface area contributed by atoms with E-state index in [0.29, 0.717) is 0 Å². The number of hydrogen-bond donors (Lipinski definition) is 1. The molecule has 1 fully saturated rings. The van der Waals surface area contributed by atoms with Crippen LogP contribution in [0.1, 0.15) is 12.5 Å². The summed E-state index contributed by atoms with van der Waals surface area (Å²) < 4.78 is 0. The van der Waals surface area contributed by atoms with Crippen molar-refractivity contribution >= 4 is 5.91 Å². The van der Waals surface area contributed by atoms with Crippen molar-refractivity contribution in [1.82, 2.24) is 10.2 Å². The fourth-order valence-electron chi connectivity index (χ4n) is 3.08. The molecule has 0 aliphatic carbocycles. The fraction of sp³-hybridized carbons (Fsp3) is 0.316. The minimum atomic E-state index is -0.112. The molecule has 1 atom stereocenters. The Morgan fingerprint density at radius 2 is 1.82 bits per heavy atom. The Morgan fingerprint density at radius 3 is 2.59 bits per heavy atom. The zero-order chi connectivity index (χ0) is 15.4. The van der Waals surface area contributed by atoms with E-state index in [1.165, 1.54) is 16.7 Å². The first-order chi connectivity index (χ1) is 10.8. The van der Waals surface area contributed by atoms with E-state index in [9.17, 15) is 4.79 Å². The summed E-state index contributed by atoms with van der Waals surface area (Å²) in [4.78, 5) is 14.4. The molecule has 22 heavy (non-hydrogen) atoms. The standard InChI is InChI=1S/C19H22N2O/c1-2-21-13-12-20-18(19(21)22)14-16-10-6-7-11-17(16)15-8-4-3-5-9-15/h3-11,18,20H,2,12-14H2,1H3. The van der Waals surface area contributed by atoms with Crippen LogP contribution in [-0.4, -0.2) is 36.5 Å². The highest BCUT2D eigenvalue weighted by molar-refractivity contribution is 5.83. The van der Waals surface area contributed by atoms with Crippen molar-refractivity contribution in [1.29, 1.82) is 0 Å². The number of benzene rings is 2. The van der Waals surface area contributed by atoms with Crippen molar-refractivity contribution in [2.45, 2.75) is 19.4 Å². The number of rotatable bonds is 4. The quantitative estimate of drug-likeness (QED) is 0.940. The fourth-order valence-corrected chi connectivity index (χ4v) is 3.08. The lowest BCUT2D eigenvalue weighted by atomic mass is 9.94. The number of likely N-dealkylation sites (N-methyl/N-ethyl adjacent to an activating group) is 1. The van der Waals surface area contributed by atoms with E-state index in [0.717, 1.165) is 26.1 Å². The highest BCUT2D eigenvalue weighted by Crippen LogP contribution is 2.25. The normalized spacial score (nSPS) is 18.5. The molecule has 3 heteroatoms. The maximum atomic E-state index is 12.5. The van der Waals surface area contributed by atoms with Gasteiger partial charge in [-0.15, -0.1) is 0 Å². The number of hydrogen-bond acceptors (Lipinski definition) is 2. The summed E-state index contributed by atoms with van der Waals surface area (Å²) in [6, 6.07) is 18.6. The molecule has 1 saturated heterocycles. The molecule has 1 heterocycles. The van der Waals surface area contributed by atoms with E-state index in [1.807, 2.05) is 24.0 Å². The summed E-state index contributed by atoms with van der Waals surface area (Å²) in [6.45, 7) is 4.51. The summed E-state index contributed by atoms with van der Waals surface area (Å²) in [5.74, 6) is 0.219. The summed E-state index contributed by atoms with van der Waals surface area (Å²) in [6.07, 6.45) is 0.737. The van der Waals surface area contributed by atoms with Gasteiger partial charge < -0.3 is 10.2 Å². The van der Waals surface area contributed by atoms with Gasteiger partial charge in [0, 0.05) is 19.6 Å². The molecular formula is C19H22N2O. The van der Waals surface area contributed by atoms with Crippen LogP contribution in [0.3, 0.4) is 0 Å². The van der Waals surface area contributed by atoms with Crippen molar-refractivity contribution in [3.05, 3.63) is 60.2 Å². The van der Waals surface area contributed by atoms with Crippen LogP contribution in [0.5, 0.6) is 0 Å². The zero-order valence-corrected chi connectivity index (χ0v) is 13.0. The minimum Gasteiger partial charge on any atom is -0.340 e. The molecule has 1 amide bonds. The molecule has 2 aromatic rings. The molecule has 0 saturated carbocycles. The van der Waals surface area contributed by atoms with Crippen molar-refractivity contribution in [2.24, 2.45) is 0 Å². The van der Waals surface area contributed by atoms with Crippen molar-refractivity contribution < 1.29 is 4.79 Å². The van der Waals surface area contributed by atoms with Crippen molar-refractivity contribution in [2.75, 3.05) is 19.6 Å². The van der Waals surface area contributed by atoms with Crippen LogP contribution < -0.4 is 5.32 Å². The minimum absolute atomic E-state index is 0.112. The van der Waals surface area contributed by atoms with E-state index < -0.39 is 0 Å². The van der Waals surface area contributed by atoms with E-state index in [2.05, 4.69) is 47.8 Å². The van der Waals surface area contributed by atoms with Gasteiger partial charge in [-0.3, -0.25) is 4.79 Å². The van der Waals surface area contributed by atoms with Gasteiger partial charge >= 0.3 is 0 Å². The largest absolute Gasteiger partial charge is 0.340 e. The van der Waals surface area contributed by atoms with Crippen molar-refractivity contribution in [3.8, 4) is 11.1 Å². The van der Waals surface area contributed by atoms with Crippen LogP contribution in [0.2, 0.25) is 0 Å². The first-order valence-electron chi connectivity index (χ1n) is 7.95. The monoisotopic (exact) mass is 294 g/mol. The second-order valence-electron chi connectivity index (χ2n) is 5.65.